The van der Waals surface area contributed by atoms with E-state index in [0.29, 0.717) is 0 Å². The van der Waals surface area contributed by atoms with Crippen LogP contribution < -0.4 is 0 Å². The van der Waals surface area contributed by atoms with Crippen molar-refractivity contribution in [2.45, 2.75) is 45.4 Å². The van der Waals surface area contributed by atoms with Gasteiger partial charge in [0.2, 0.25) is 0 Å². The summed E-state index contributed by atoms with van der Waals surface area (Å²) in [4.78, 5) is 0. The highest BCUT2D eigenvalue weighted by molar-refractivity contribution is 6.11. The van der Waals surface area contributed by atoms with Gasteiger partial charge in [-0.2, -0.15) is 0 Å². The number of fused-ring (bicyclic) bond motifs is 6. The van der Waals surface area contributed by atoms with Crippen LogP contribution >= 0.6 is 0 Å². The molecule has 8 aromatic carbocycles. The third-order valence-corrected chi connectivity index (χ3v) is 12.5. The Morgan fingerprint density at radius 1 is 0.464 bits per heavy atom. The molecule has 1 nitrogen and oxygen atoms in total. The van der Waals surface area contributed by atoms with Gasteiger partial charge in [-0.25, -0.2) is 0 Å². The smallest absolute Gasteiger partial charge is 0.0541 e. The Balaban J connectivity index is 1.07. The number of aryl methyl sites for hydroxylation is 1. The fraction of sp³-hybridized carbons (Fsp3) is 0.127. The summed E-state index contributed by atoms with van der Waals surface area (Å²) in [7, 11) is 0. The number of benzene rings is 8. The first-order valence-corrected chi connectivity index (χ1v) is 20.0. The highest BCUT2D eigenvalue weighted by atomic mass is 15.0. The van der Waals surface area contributed by atoms with E-state index >= 15 is 0 Å². The van der Waals surface area contributed by atoms with Crippen LogP contribution in [-0.2, 0) is 5.41 Å². The predicted octanol–water partition coefficient (Wildman–Crippen LogP) is 14.9. The van der Waals surface area contributed by atoms with Crippen molar-refractivity contribution < 1.29 is 0 Å². The Morgan fingerprint density at radius 3 is 1.95 bits per heavy atom. The second-order valence-electron chi connectivity index (χ2n) is 16.0. The van der Waals surface area contributed by atoms with Crippen molar-refractivity contribution in [2.75, 3.05) is 0 Å². The van der Waals surface area contributed by atoms with Gasteiger partial charge in [0.15, 0.2) is 0 Å². The minimum atomic E-state index is -0.0245. The molecule has 1 heteroatoms. The van der Waals surface area contributed by atoms with Crippen molar-refractivity contribution in [2.24, 2.45) is 0 Å². The maximum atomic E-state index is 2.51. The normalized spacial score (nSPS) is 13.5. The molecule has 0 bridgehead atoms. The van der Waals surface area contributed by atoms with Gasteiger partial charge in [-0.15, -0.1) is 0 Å². The van der Waals surface area contributed by atoms with E-state index in [2.05, 4.69) is 214 Å². The van der Waals surface area contributed by atoms with Crippen molar-refractivity contribution in [3.05, 3.63) is 210 Å². The van der Waals surface area contributed by atoms with Crippen LogP contribution in [-0.4, -0.2) is 4.57 Å². The molecule has 1 atom stereocenters. The largest absolute Gasteiger partial charge is 0.309 e. The van der Waals surface area contributed by atoms with Crippen LogP contribution in [0.1, 0.15) is 60.9 Å². The van der Waals surface area contributed by atoms with Gasteiger partial charge in [0.05, 0.1) is 16.7 Å². The van der Waals surface area contributed by atoms with E-state index in [-0.39, 0.29) is 11.3 Å². The molecule has 0 N–H and O–H groups in total. The molecule has 1 unspecified atom stereocenters. The van der Waals surface area contributed by atoms with E-state index in [9.17, 15) is 0 Å². The highest BCUT2D eigenvalue weighted by Gasteiger charge is 2.35. The number of rotatable bonds is 7. The molecular weight excluding hydrogens is 675 g/mol. The summed E-state index contributed by atoms with van der Waals surface area (Å²) in [5.41, 5.74) is 20.8. The SMILES string of the molecule is CCC(c1ccc2c(c1)C(C)(C)c1ccccc1-2)c1ccccc1-c1cc(-c2ccc3c(c2)c2ccccc2n3-c2ccccc2-c2ccccc2)ccc1C. The Labute approximate surface area is 330 Å². The van der Waals surface area contributed by atoms with Gasteiger partial charge >= 0.3 is 0 Å². The highest BCUT2D eigenvalue weighted by Crippen LogP contribution is 2.50. The van der Waals surface area contributed by atoms with Crippen LogP contribution in [0.4, 0.5) is 0 Å². The first-order chi connectivity index (χ1) is 27.4. The summed E-state index contributed by atoms with van der Waals surface area (Å²) in [6, 6.07) is 67.7. The quantitative estimate of drug-likeness (QED) is 0.155. The van der Waals surface area contributed by atoms with Crippen LogP contribution in [0.2, 0.25) is 0 Å². The average Bonchev–Trinajstić information content (AvgIpc) is 3.69. The lowest BCUT2D eigenvalue weighted by molar-refractivity contribution is 0.657. The molecule has 1 heterocycles. The van der Waals surface area contributed by atoms with E-state index in [0.717, 1.165) is 6.42 Å². The Hall–Kier alpha value is -6.44. The summed E-state index contributed by atoms with van der Waals surface area (Å²) in [5.74, 6) is 0.278. The average molecular weight is 720 g/mol. The number of nitrogens with zero attached hydrogens (tertiary/aromatic N) is 1. The number of hydrogen-bond donors (Lipinski definition) is 0. The first-order valence-electron chi connectivity index (χ1n) is 20.0. The van der Waals surface area contributed by atoms with Crippen LogP contribution in [0.5, 0.6) is 0 Å². The zero-order chi connectivity index (χ0) is 38.0. The van der Waals surface area contributed by atoms with Gasteiger partial charge in [-0.05, 0) is 110 Å². The molecule has 1 aliphatic carbocycles. The predicted molar refractivity (Wildman–Crippen MR) is 238 cm³/mol. The molecule has 0 spiro atoms. The molecule has 1 aliphatic rings. The van der Waals surface area contributed by atoms with Crippen molar-refractivity contribution in [1.82, 2.24) is 4.57 Å². The zero-order valence-corrected chi connectivity index (χ0v) is 32.6. The van der Waals surface area contributed by atoms with Crippen LogP contribution in [0.3, 0.4) is 0 Å². The lowest BCUT2D eigenvalue weighted by Crippen LogP contribution is -2.15. The molecule has 0 saturated heterocycles. The fourth-order valence-electron chi connectivity index (χ4n) is 9.65. The summed E-state index contributed by atoms with van der Waals surface area (Å²) in [6.07, 6.45) is 1.02. The number of hydrogen-bond acceptors (Lipinski definition) is 0. The van der Waals surface area contributed by atoms with Gasteiger partial charge in [-0.1, -0.05) is 172 Å². The summed E-state index contributed by atoms with van der Waals surface area (Å²) in [5, 5.41) is 2.52. The third-order valence-electron chi connectivity index (χ3n) is 12.5. The second-order valence-corrected chi connectivity index (χ2v) is 16.0. The second kappa shape index (κ2) is 13.4. The van der Waals surface area contributed by atoms with E-state index in [1.165, 1.54) is 99.8 Å². The Morgan fingerprint density at radius 2 is 1.11 bits per heavy atom. The molecule has 56 heavy (non-hydrogen) atoms. The van der Waals surface area contributed by atoms with Crippen LogP contribution in [0.15, 0.2) is 182 Å². The molecular formula is C55H45N. The molecule has 270 valence electrons. The summed E-state index contributed by atoms with van der Waals surface area (Å²) >= 11 is 0. The van der Waals surface area contributed by atoms with Crippen molar-refractivity contribution in [1.29, 1.82) is 0 Å². The van der Waals surface area contributed by atoms with E-state index in [4.69, 9.17) is 0 Å². The van der Waals surface area contributed by atoms with Crippen molar-refractivity contribution in [3.8, 4) is 50.2 Å². The van der Waals surface area contributed by atoms with Crippen molar-refractivity contribution >= 4 is 21.8 Å². The standard InChI is InChI=1S/C55H45N/c1-5-41(40-29-31-46-45-22-11-14-24-50(45)55(3,4)51(46)35-40)43-20-9-10-21-44(43)48-33-38(28-27-36(48)2)39-30-32-54-49(34-39)47-23-13-16-26-53(47)56(54)52-25-15-12-19-42(52)37-17-7-6-8-18-37/h6-35,41H,5H2,1-4H3. The zero-order valence-electron chi connectivity index (χ0n) is 32.6. The molecule has 0 amide bonds. The topological polar surface area (TPSA) is 4.93 Å². The van der Waals surface area contributed by atoms with Crippen LogP contribution in [0, 0.1) is 6.92 Å². The summed E-state index contributed by atoms with van der Waals surface area (Å²) in [6.45, 7) is 9.35. The third kappa shape index (κ3) is 5.37. The van der Waals surface area contributed by atoms with E-state index < -0.39 is 0 Å². The minimum absolute atomic E-state index is 0.0245. The van der Waals surface area contributed by atoms with Gasteiger partial charge in [0.25, 0.3) is 0 Å². The van der Waals surface area contributed by atoms with Gasteiger partial charge < -0.3 is 4.57 Å². The molecule has 9 aromatic rings. The van der Waals surface area contributed by atoms with Gasteiger partial charge in [-0.3, -0.25) is 0 Å². The monoisotopic (exact) mass is 719 g/mol. The number of para-hydroxylation sites is 2. The first kappa shape index (κ1) is 34.1. The number of aromatic nitrogens is 1. The fourth-order valence-corrected chi connectivity index (χ4v) is 9.65. The molecule has 0 radical (unpaired) electrons. The van der Waals surface area contributed by atoms with Crippen LogP contribution in [0.25, 0.3) is 72.0 Å². The maximum absolute atomic E-state index is 2.51. The lowest BCUT2D eigenvalue weighted by atomic mass is 9.78. The molecule has 0 fully saturated rings. The lowest BCUT2D eigenvalue weighted by Gasteiger charge is -2.25. The van der Waals surface area contributed by atoms with E-state index in [1.54, 1.807) is 0 Å². The van der Waals surface area contributed by atoms with Gasteiger partial charge in [0.1, 0.15) is 0 Å². The van der Waals surface area contributed by atoms with E-state index in [1.807, 2.05) is 0 Å². The maximum Gasteiger partial charge on any atom is 0.0541 e. The van der Waals surface area contributed by atoms with Crippen molar-refractivity contribution in [3.63, 3.8) is 0 Å². The van der Waals surface area contributed by atoms with Gasteiger partial charge in [0, 0.05) is 27.7 Å². The Kier molecular flexibility index (Phi) is 8.15. The molecule has 1 aromatic heterocycles. The Bertz CT molecular complexity index is 2940. The summed E-state index contributed by atoms with van der Waals surface area (Å²) < 4.78 is 2.44. The molecule has 10 rings (SSSR count). The molecule has 0 aliphatic heterocycles. The minimum Gasteiger partial charge on any atom is -0.309 e. The molecule has 0 saturated carbocycles.